The molecule has 22 heavy (non-hydrogen) atoms. The van der Waals surface area contributed by atoms with E-state index in [1.807, 2.05) is 25.1 Å². The summed E-state index contributed by atoms with van der Waals surface area (Å²) in [6, 6.07) is 5.61. The molecule has 1 atom stereocenters. The van der Waals surface area contributed by atoms with Gasteiger partial charge in [-0.2, -0.15) is 0 Å². The Morgan fingerprint density at radius 3 is 2.77 bits per heavy atom. The molecule has 1 fully saturated rings. The number of fused-ring (bicyclic) bond motifs is 1. The fraction of sp³-hybridized carbons (Fsp3) is 0.562. The SMILES string of the molecule is COC1(C(=O)NC(C)c2ccc3c(c2)OCO3)CCNCC1. The quantitative estimate of drug-likeness (QED) is 0.879. The molecule has 0 aromatic heterocycles. The van der Waals surface area contributed by atoms with Gasteiger partial charge in [-0.3, -0.25) is 4.79 Å². The fourth-order valence-corrected chi connectivity index (χ4v) is 2.95. The van der Waals surface area contributed by atoms with Gasteiger partial charge in [-0.15, -0.1) is 0 Å². The lowest BCUT2D eigenvalue weighted by Gasteiger charge is -2.35. The average Bonchev–Trinajstić information content (AvgIpc) is 3.02. The predicted octanol–water partition coefficient (Wildman–Crippen LogP) is 1.36. The number of piperidine rings is 1. The normalized spacial score (nSPS) is 20.5. The van der Waals surface area contributed by atoms with Gasteiger partial charge in [-0.25, -0.2) is 0 Å². The van der Waals surface area contributed by atoms with E-state index in [0.29, 0.717) is 12.8 Å². The molecule has 0 radical (unpaired) electrons. The highest BCUT2D eigenvalue weighted by Gasteiger charge is 2.40. The molecule has 1 aromatic rings. The fourth-order valence-electron chi connectivity index (χ4n) is 2.95. The van der Waals surface area contributed by atoms with E-state index >= 15 is 0 Å². The molecule has 1 saturated heterocycles. The minimum Gasteiger partial charge on any atom is -0.454 e. The number of rotatable bonds is 4. The lowest BCUT2D eigenvalue weighted by molar-refractivity contribution is -0.147. The molecular weight excluding hydrogens is 284 g/mol. The van der Waals surface area contributed by atoms with Crippen LogP contribution in [0.5, 0.6) is 11.5 Å². The zero-order chi connectivity index (χ0) is 15.6. The number of ether oxygens (including phenoxy) is 3. The van der Waals surface area contributed by atoms with Crippen LogP contribution in [-0.2, 0) is 9.53 Å². The Labute approximate surface area is 130 Å². The number of carbonyl (C=O) groups excluding carboxylic acids is 1. The number of hydrogen-bond donors (Lipinski definition) is 2. The van der Waals surface area contributed by atoms with E-state index in [9.17, 15) is 4.79 Å². The van der Waals surface area contributed by atoms with Crippen LogP contribution in [0.25, 0.3) is 0 Å². The van der Waals surface area contributed by atoms with Gasteiger partial charge in [0, 0.05) is 7.11 Å². The number of benzene rings is 1. The van der Waals surface area contributed by atoms with Crippen molar-refractivity contribution >= 4 is 5.91 Å². The number of carbonyl (C=O) groups is 1. The maximum atomic E-state index is 12.6. The highest BCUT2D eigenvalue weighted by molar-refractivity contribution is 5.85. The molecule has 1 amide bonds. The molecule has 2 heterocycles. The summed E-state index contributed by atoms with van der Waals surface area (Å²) in [5.41, 5.74) is 0.258. The van der Waals surface area contributed by atoms with E-state index in [4.69, 9.17) is 14.2 Å². The third-order valence-corrected chi connectivity index (χ3v) is 4.46. The lowest BCUT2D eigenvalue weighted by atomic mass is 9.90. The van der Waals surface area contributed by atoms with Crippen molar-refractivity contribution in [1.82, 2.24) is 10.6 Å². The monoisotopic (exact) mass is 306 g/mol. The van der Waals surface area contributed by atoms with E-state index in [-0.39, 0.29) is 18.7 Å². The highest BCUT2D eigenvalue weighted by Crippen LogP contribution is 2.34. The van der Waals surface area contributed by atoms with Gasteiger partial charge in [0.1, 0.15) is 5.60 Å². The summed E-state index contributed by atoms with van der Waals surface area (Å²) in [6.45, 7) is 3.79. The Bertz CT molecular complexity index is 555. The molecule has 120 valence electrons. The molecule has 6 heteroatoms. The number of hydrogen-bond acceptors (Lipinski definition) is 5. The maximum Gasteiger partial charge on any atom is 0.252 e. The van der Waals surface area contributed by atoms with Crippen LogP contribution in [-0.4, -0.2) is 38.5 Å². The third-order valence-electron chi connectivity index (χ3n) is 4.46. The second kappa shape index (κ2) is 6.14. The van der Waals surface area contributed by atoms with Crippen molar-refractivity contribution in [3.8, 4) is 11.5 Å². The van der Waals surface area contributed by atoms with E-state index in [0.717, 1.165) is 30.2 Å². The van der Waals surface area contributed by atoms with E-state index in [1.54, 1.807) is 7.11 Å². The lowest BCUT2D eigenvalue weighted by Crippen LogP contribution is -2.54. The smallest absolute Gasteiger partial charge is 0.252 e. The van der Waals surface area contributed by atoms with Crippen LogP contribution in [0.15, 0.2) is 18.2 Å². The van der Waals surface area contributed by atoms with E-state index in [2.05, 4.69) is 10.6 Å². The molecule has 0 spiro atoms. The van der Waals surface area contributed by atoms with Gasteiger partial charge in [0.2, 0.25) is 6.79 Å². The molecule has 2 aliphatic heterocycles. The Morgan fingerprint density at radius 1 is 1.32 bits per heavy atom. The van der Waals surface area contributed by atoms with Gasteiger partial charge in [0.15, 0.2) is 11.5 Å². The molecule has 6 nitrogen and oxygen atoms in total. The van der Waals surface area contributed by atoms with Crippen LogP contribution in [0, 0.1) is 0 Å². The van der Waals surface area contributed by atoms with Gasteiger partial charge in [-0.1, -0.05) is 6.07 Å². The van der Waals surface area contributed by atoms with Crippen LogP contribution in [0.1, 0.15) is 31.4 Å². The molecule has 0 aliphatic carbocycles. The second-order valence-electron chi connectivity index (χ2n) is 5.76. The summed E-state index contributed by atoms with van der Waals surface area (Å²) < 4.78 is 16.2. The van der Waals surface area contributed by atoms with Gasteiger partial charge in [-0.05, 0) is 50.6 Å². The van der Waals surface area contributed by atoms with Crippen molar-refractivity contribution in [2.24, 2.45) is 0 Å². The highest BCUT2D eigenvalue weighted by atomic mass is 16.7. The van der Waals surface area contributed by atoms with E-state index in [1.165, 1.54) is 0 Å². The first-order chi connectivity index (χ1) is 10.6. The first kappa shape index (κ1) is 15.1. The van der Waals surface area contributed by atoms with Crippen LogP contribution in [0.3, 0.4) is 0 Å². The number of nitrogens with one attached hydrogen (secondary N) is 2. The summed E-state index contributed by atoms with van der Waals surface area (Å²) in [5.74, 6) is 1.41. The van der Waals surface area contributed by atoms with Crippen LogP contribution >= 0.6 is 0 Å². The van der Waals surface area contributed by atoms with E-state index < -0.39 is 5.60 Å². The first-order valence-corrected chi connectivity index (χ1v) is 7.61. The molecule has 2 aliphatic rings. The summed E-state index contributed by atoms with van der Waals surface area (Å²) in [7, 11) is 1.61. The molecule has 3 rings (SSSR count). The van der Waals surface area contributed by atoms with Crippen molar-refractivity contribution < 1.29 is 19.0 Å². The summed E-state index contributed by atoms with van der Waals surface area (Å²) >= 11 is 0. The Morgan fingerprint density at radius 2 is 2.05 bits per heavy atom. The van der Waals surface area contributed by atoms with Crippen molar-refractivity contribution in [2.45, 2.75) is 31.4 Å². The molecule has 0 bridgehead atoms. The van der Waals surface area contributed by atoms with Crippen LogP contribution in [0.4, 0.5) is 0 Å². The van der Waals surface area contributed by atoms with Crippen molar-refractivity contribution in [2.75, 3.05) is 27.0 Å². The molecule has 2 N–H and O–H groups in total. The van der Waals surface area contributed by atoms with Crippen molar-refractivity contribution in [3.05, 3.63) is 23.8 Å². The maximum absolute atomic E-state index is 12.6. The Hall–Kier alpha value is -1.79. The van der Waals surface area contributed by atoms with Gasteiger partial charge < -0.3 is 24.8 Å². The second-order valence-corrected chi connectivity index (χ2v) is 5.76. The Kier molecular flexibility index (Phi) is 4.22. The molecule has 0 saturated carbocycles. The van der Waals surface area contributed by atoms with Gasteiger partial charge >= 0.3 is 0 Å². The summed E-state index contributed by atoms with van der Waals surface area (Å²) in [6.07, 6.45) is 1.37. The topological polar surface area (TPSA) is 68.8 Å². The standard InChI is InChI=1S/C16H22N2O4/c1-11(12-3-4-13-14(9-12)22-10-21-13)18-15(19)16(20-2)5-7-17-8-6-16/h3-4,9,11,17H,5-8,10H2,1-2H3,(H,18,19). The number of methoxy groups -OCH3 is 1. The molecule has 1 unspecified atom stereocenters. The minimum absolute atomic E-state index is 0.0540. The van der Waals surface area contributed by atoms with Crippen LogP contribution in [0.2, 0.25) is 0 Å². The summed E-state index contributed by atoms with van der Waals surface area (Å²) in [5, 5.41) is 6.31. The predicted molar refractivity (Wildman–Crippen MR) is 81.0 cm³/mol. The van der Waals surface area contributed by atoms with Crippen LogP contribution < -0.4 is 20.1 Å². The van der Waals surface area contributed by atoms with Crippen molar-refractivity contribution in [1.29, 1.82) is 0 Å². The third kappa shape index (κ3) is 2.76. The van der Waals surface area contributed by atoms with Crippen molar-refractivity contribution in [3.63, 3.8) is 0 Å². The molecular formula is C16H22N2O4. The molecule has 1 aromatic carbocycles. The Balaban J connectivity index is 1.70. The zero-order valence-electron chi connectivity index (χ0n) is 13.0. The number of amides is 1. The summed E-state index contributed by atoms with van der Waals surface area (Å²) in [4.78, 5) is 12.6. The minimum atomic E-state index is -0.726. The first-order valence-electron chi connectivity index (χ1n) is 7.61. The van der Waals surface area contributed by atoms with Gasteiger partial charge in [0.05, 0.1) is 6.04 Å². The largest absolute Gasteiger partial charge is 0.454 e. The van der Waals surface area contributed by atoms with Gasteiger partial charge in [0.25, 0.3) is 5.91 Å². The average molecular weight is 306 g/mol. The zero-order valence-corrected chi connectivity index (χ0v) is 13.0.